The lowest BCUT2D eigenvalue weighted by Gasteiger charge is -2.10. The molecule has 22 heavy (non-hydrogen) atoms. The summed E-state index contributed by atoms with van der Waals surface area (Å²) in [6.07, 6.45) is 6.43. The minimum absolute atomic E-state index is 0.0625. The zero-order chi connectivity index (χ0) is 16.2. The van der Waals surface area contributed by atoms with Gasteiger partial charge in [-0.1, -0.05) is 24.3 Å². The summed E-state index contributed by atoms with van der Waals surface area (Å²) in [6, 6.07) is 5.47. The molecule has 1 aromatic carbocycles. The smallest absolute Gasteiger partial charge is 0.332 e. The van der Waals surface area contributed by atoms with Crippen LogP contribution in [0.3, 0.4) is 0 Å². The highest BCUT2D eigenvalue weighted by Crippen LogP contribution is 2.28. The highest BCUT2D eigenvalue weighted by molar-refractivity contribution is 5.82. The summed E-state index contributed by atoms with van der Waals surface area (Å²) >= 11 is 0. The molecule has 0 aliphatic carbocycles. The van der Waals surface area contributed by atoms with Gasteiger partial charge >= 0.3 is 5.97 Å². The fourth-order valence-corrected chi connectivity index (χ4v) is 1.50. The van der Waals surface area contributed by atoms with Gasteiger partial charge in [0, 0.05) is 20.3 Å². The number of ether oxygens (including phenoxy) is 5. The summed E-state index contributed by atoms with van der Waals surface area (Å²) in [7, 11) is 4.56. The molecule has 1 aromatic rings. The van der Waals surface area contributed by atoms with Crippen LogP contribution in [0.4, 0.5) is 0 Å². The molecule has 6 nitrogen and oxygen atoms in total. The molecule has 0 amide bonds. The minimum atomic E-state index is -0.465. The molecule has 0 bridgehead atoms. The molecule has 1 rings (SSSR count). The molecule has 0 unspecified atom stereocenters. The highest BCUT2D eigenvalue weighted by atomic mass is 16.7. The third-order valence-electron chi connectivity index (χ3n) is 2.47. The van der Waals surface area contributed by atoms with Crippen molar-refractivity contribution in [3.8, 4) is 11.5 Å². The van der Waals surface area contributed by atoms with Gasteiger partial charge in [-0.15, -0.1) is 0 Å². The molecular formula is C16H20O6. The van der Waals surface area contributed by atoms with Gasteiger partial charge in [0.15, 0.2) is 25.1 Å². The van der Waals surface area contributed by atoms with Crippen LogP contribution >= 0.6 is 0 Å². The van der Waals surface area contributed by atoms with Gasteiger partial charge < -0.3 is 23.7 Å². The number of carbonyl (C=O) groups excluding carboxylic acids is 1. The van der Waals surface area contributed by atoms with Gasteiger partial charge in [-0.3, -0.25) is 0 Å². The Hall–Kier alpha value is -2.31. The van der Waals surface area contributed by atoms with E-state index in [2.05, 4.69) is 4.74 Å². The Morgan fingerprint density at radius 1 is 1.05 bits per heavy atom. The minimum Gasteiger partial charge on any atom is -0.493 e. The zero-order valence-electron chi connectivity index (χ0n) is 12.9. The zero-order valence-corrected chi connectivity index (χ0v) is 12.9. The Kier molecular flexibility index (Phi) is 8.40. The molecule has 0 N–H and O–H groups in total. The number of hydrogen-bond donors (Lipinski definition) is 0. The molecule has 0 saturated heterocycles. The Morgan fingerprint density at radius 3 is 2.50 bits per heavy atom. The summed E-state index contributed by atoms with van der Waals surface area (Å²) in [5.74, 6) is 0.732. The molecule has 0 saturated carbocycles. The standard InChI is InChI=1S/C16H20O6/c1-18-11-21-14-9-8-13(10-15(14)20-3)6-4-5-7-16(17)22-12-19-2/h4-10H,11-12H2,1-3H3/b6-4+,7-5+. The van der Waals surface area contributed by atoms with E-state index in [1.807, 2.05) is 18.2 Å². The Morgan fingerprint density at radius 2 is 1.82 bits per heavy atom. The summed E-state index contributed by atoms with van der Waals surface area (Å²) in [4.78, 5) is 11.2. The average molecular weight is 308 g/mol. The lowest BCUT2D eigenvalue weighted by atomic mass is 10.2. The first-order chi connectivity index (χ1) is 10.7. The summed E-state index contributed by atoms with van der Waals surface area (Å²) < 4.78 is 24.8. The van der Waals surface area contributed by atoms with E-state index in [4.69, 9.17) is 18.9 Å². The van der Waals surface area contributed by atoms with E-state index in [-0.39, 0.29) is 13.6 Å². The van der Waals surface area contributed by atoms with Crippen molar-refractivity contribution < 1.29 is 28.5 Å². The number of rotatable bonds is 9. The maximum atomic E-state index is 11.2. The summed E-state index contributed by atoms with van der Waals surface area (Å²) in [5.41, 5.74) is 0.900. The maximum absolute atomic E-state index is 11.2. The fourth-order valence-electron chi connectivity index (χ4n) is 1.50. The van der Waals surface area contributed by atoms with Crippen LogP contribution in [0.5, 0.6) is 11.5 Å². The third kappa shape index (κ3) is 6.43. The van der Waals surface area contributed by atoms with Crippen molar-refractivity contribution in [1.82, 2.24) is 0 Å². The van der Waals surface area contributed by atoms with Crippen LogP contribution in [0, 0.1) is 0 Å². The quantitative estimate of drug-likeness (QED) is 0.302. The molecular weight excluding hydrogens is 288 g/mol. The van der Waals surface area contributed by atoms with Crippen LogP contribution in [0.15, 0.2) is 36.4 Å². The van der Waals surface area contributed by atoms with Crippen molar-refractivity contribution in [2.45, 2.75) is 0 Å². The van der Waals surface area contributed by atoms with Crippen LogP contribution in [0.2, 0.25) is 0 Å². The molecule has 0 atom stereocenters. The van der Waals surface area contributed by atoms with Gasteiger partial charge in [-0.2, -0.15) is 0 Å². The molecule has 0 aliphatic rings. The second kappa shape index (κ2) is 10.4. The van der Waals surface area contributed by atoms with Gasteiger partial charge in [-0.25, -0.2) is 4.79 Å². The van der Waals surface area contributed by atoms with Gasteiger partial charge in [-0.05, 0) is 17.7 Å². The topological polar surface area (TPSA) is 63.2 Å². The molecule has 0 aliphatic heterocycles. The first-order valence-electron chi connectivity index (χ1n) is 6.51. The Bertz CT molecular complexity index is 521. The molecule has 120 valence electrons. The predicted molar refractivity (Wildman–Crippen MR) is 81.6 cm³/mol. The molecule has 0 aromatic heterocycles. The lowest BCUT2D eigenvalue weighted by molar-refractivity contribution is -0.147. The monoisotopic (exact) mass is 308 g/mol. The number of esters is 1. The fraction of sp³-hybridized carbons (Fsp3) is 0.312. The molecule has 6 heteroatoms. The van der Waals surface area contributed by atoms with Crippen molar-refractivity contribution >= 4 is 12.0 Å². The number of methoxy groups -OCH3 is 3. The number of carbonyl (C=O) groups is 1. The van der Waals surface area contributed by atoms with E-state index in [1.165, 1.54) is 13.2 Å². The van der Waals surface area contributed by atoms with Crippen molar-refractivity contribution in [2.75, 3.05) is 34.9 Å². The van der Waals surface area contributed by atoms with Gasteiger partial charge in [0.1, 0.15) is 0 Å². The average Bonchev–Trinajstić information content (AvgIpc) is 2.55. The van der Waals surface area contributed by atoms with E-state index in [0.717, 1.165) is 5.56 Å². The van der Waals surface area contributed by atoms with Crippen molar-refractivity contribution in [3.63, 3.8) is 0 Å². The van der Waals surface area contributed by atoms with Crippen LogP contribution in [-0.4, -0.2) is 40.9 Å². The lowest BCUT2D eigenvalue weighted by Crippen LogP contribution is -2.02. The first kappa shape index (κ1) is 17.7. The maximum Gasteiger partial charge on any atom is 0.332 e. The largest absolute Gasteiger partial charge is 0.493 e. The molecule has 0 heterocycles. The van der Waals surface area contributed by atoms with Crippen molar-refractivity contribution in [1.29, 1.82) is 0 Å². The van der Waals surface area contributed by atoms with Crippen LogP contribution in [-0.2, 0) is 19.0 Å². The molecule has 0 spiro atoms. The highest BCUT2D eigenvalue weighted by Gasteiger charge is 2.04. The SMILES string of the molecule is COCOC(=O)/C=C/C=C/c1ccc(OCOC)c(OC)c1. The van der Waals surface area contributed by atoms with Crippen LogP contribution in [0.25, 0.3) is 6.08 Å². The van der Waals surface area contributed by atoms with Gasteiger partial charge in [0.25, 0.3) is 0 Å². The van der Waals surface area contributed by atoms with E-state index in [9.17, 15) is 4.79 Å². The third-order valence-corrected chi connectivity index (χ3v) is 2.47. The van der Waals surface area contributed by atoms with Crippen molar-refractivity contribution in [3.05, 3.63) is 42.0 Å². The predicted octanol–water partition coefficient (Wildman–Crippen LogP) is 2.39. The van der Waals surface area contributed by atoms with Crippen molar-refractivity contribution in [2.24, 2.45) is 0 Å². The second-order valence-corrected chi connectivity index (χ2v) is 4.05. The number of benzene rings is 1. The molecule has 0 fully saturated rings. The second-order valence-electron chi connectivity index (χ2n) is 4.05. The first-order valence-corrected chi connectivity index (χ1v) is 6.51. The number of hydrogen-bond acceptors (Lipinski definition) is 6. The van der Waals surface area contributed by atoms with Crippen LogP contribution < -0.4 is 9.47 Å². The van der Waals surface area contributed by atoms with Gasteiger partial charge in [0.05, 0.1) is 7.11 Å². The molecule has 0 radical (unpaired) electrons. The van der Waals surface area contributed by atoms with Gasteiger partial charge in [0.2, 0.25) is 0 Å². The Balaban J connectivity index is 2.63. The normalized spacial score (nSPS) is 11.0. The van der Waals surface area contributed by atoms with E-state index < -0.39 is 5.97 Å². The Labute approximate surface area is 129 Å². The summed E-state index contributed by atoms with van der Waals surface area (Å²) in [6.45, 7) is 0.0882. The number of allylic oxidation sites excluding steroid dienone is 2. The van der Waals surface area contributed by atoms with E-state index >= 15 is 0 Å². The van der Waals surface area contributed by atoms with E-state index in [1.54, 1.807) is 32.4 Å². The van der Waals surface area contributed by atoms with E-state index in [0.29, 0.717) is 11.5 Å². The summed E-state index contributed by atoms with van der Waals surface area (Å²) in [5, 5.41) is 0. The van der Waals surface area contributed by atoms with Crippen LogP contribution in [0.1, 0.15) is 5.56 Å².